The van der Waals surface area contributed by atoms with E-state index < -0.39 is 5.97 Å². The van der Waals surface area contributed by atoms with Crippen LogP contribution < -0.4 is 0 Å². The molecule has 1 aliphatic rings. The molecule has 6 nitrogen and oxygen atoms in total. The highest BCUT2D eigenvalue weighted by Crippen LogP contribution is 2.23. The van der Waals surface area contributed by atoms with Crippen LogP contribution in [0.1, 0.15) is 48.4 Å². The van der Waals surface area contributed by atoms with Crippen LogP contribution in [0.2, 0.25) is 0 Å². The number of oxazole rings is 1. The minimum Gasteiger partial charge on any atom is -0.481 e. The van der Waals surface area contributed by atoms with Crippen LogP contribution in [0.25, 0.3) is 0 Å². The number of carbonyl (C=O) groups is 2. The van der Waals surface area contributed by atoms with E-state index in [9.17, 15) is 9.59 Å². The molecule has 2 rings (SSSR count). The molecule has 1 aliphatic heterocycles. The molecule has 0 saturated carbocycles. The van der Waals surface area contributed by atoms with Gasteiger partial charge in [-0.05, 0) is 32.6 Å². The molecule has 0 radical (unpaired) electrons. The largest absolute Gasteiger partial charge is 0.481 e. The summed E-state index contributed by atoms with van der Waals surface area (Å²) >= 11 is 0. The first-order valence-electron chi connectivity index (χ1n) is 6.52. The van der Waals surface area contributed by atoms with Gasteiger partial charge in [0.25, 0.3) is 5.91 Å². The Kier molecular flexibility index (Phi) is 4.19. The van der Waals surface area contributed by atoms with Crippen molar-refractivity contribution >= 4 is 11.9 Å². The monoisotopic (exact) mass is 266 g/mol. The zero-order valence-corrected chi connectivity index (χ0v) is 11.0. The number of aromatic nitrogens is 1. The van der Waals surface area contributed by atoms with E-state index in [1.807, 2.05) is 0 Å². The molecule has 1 N–H and O–H groups in total. The smallest absolute Gasteiger partial charge is 0.303 e. The van der Waals surface area contributed by atoms with Gasteiger partial charge in [0.2, 0.25) is 0 Å². The van der Waals surface area contributed by atoms with Gasteiger partial charge in [0, 0.05) is 19.0 Å². The Hall–Kier alpha value is -1.85. The quantitative estimate of drug-likeness (QED) is 0.899. The van der Waals surface area contributed by atoms with Crippen LogP contribution in [0.5, 0.6) is 0 Å². The van der Waals surface area contributed by atoms with Gasteiger partial charge in [-0.3, -0.25) is 9.59 Å². The molecular formula is C13H18N2O4. The summed E-state index contributed by atoms with van der Waals surface area (Å²) in [5.41, 5.74) is 0.335. The first-order valence-corrected chi connectivity index (χ1v) is 6.52. The second kappa shape index (κ2) is 5.86. The van der Waals surface area contributed by atoms with Gasteiger partial charge in [0.1, 0.15) is 5.76 Å². The number of hydrogen-bond acceptors (Lipinski definition) is 4. The minimum atomic E-state index is -0.824. The van der Waals surface area contributed by atoms with Gasteiger partial charge >= 0.3 is 5.97 Å². The highest BCUT2D eigenvalue weighted by Gasteiger charge is 2.29. The second-order valence-electron chi connectivity index (χ2n) is 4.84. The number of aryl methyl sites for hydroxylation is 1. The lowest BCUT2D eigenvalue weighted by molar-refractivity contribution is -0.137. The van der Waals surface area contributed by atoms with Crippen molar-refractivity contribution in [3.63, 3.8) is 0 Å². The lowest BCUT2D eigenvalue weighted by Crippen LogP contribution is -2.44. The maximum Gasteiger partial charge on any atom is 0.303 e. The van der Waals surface area contributed by atoms with E-state index in [1.54, 1.807) is 11.8 Å². The number of piperidine rings is 1. The van der Waals surface area contributed by atoms with Crippen molar-refractivity contribution in [3.8, 4) is 0 Å². The Balaban J connectivity index is 2.08. The molecule has 2 heterocycles. The van der Waals surface area contributed by atoms with Crippen LogP contribution in [-0.4, -0.2) is 39.5 Å². The molecular weight excluding hydrogens is 248 g/mol. The molecule has 1 amide bonds. The third-order valence-corrected chi connectivity index (χ3v) is 3.53. The fourth-order valence-corrected chi connectivity index (χ4v) is 2.50. The lowest BCUT2D eigenvalue weighted by Gasteiger charge is -2.35. The number of carboxylic acids is 1. The van der Waals surface area contributed by atoms with Crippen LogP contribution in [0.15, 0.2) is 10.8 Å². The first-order chi connectivity index (χ1) is 9.09. The van der Waals surface area contributed by atoms with Crippen LogP contribution in [0, 0.1) is 6.92 Å². The van der Waals surface area contributed by atoms with Crippen molar-refractivity contribution in [2.75, 3.05) is 6.54 Å². The van der Waals surface area contributed by atoms with Gasteiger partial charge in [-0.15, -0.1) is 0 Å². The van der Waals surface area contributed by atoms with Crippen molar-refractivity contribution in [1.29, 1.82) is 0 Å². The standard InChI is InChI=1S/C13H18N2O4/c1-9-12(14-8-19-9)13(18)15-7-3-2-4-10(15)5-6-11(16)17/h8,10H,2-7H2,1H3,(H,16,17)/t10-/m1/s1. The number of carbonyl (C=O) groups excluding carboxylic acids is 1. The molecule has 0 aliphatic carbocycles. The Labute approximate surface area is 111 Å². The second-order valence-corrected chi connectivity index (χ2v) is 4.84. The fourth-order valence-electron chi connectivity index (χ4n) is 2.50. The number of likely N-dealkylation sites (tertiary alicyclic amines) is 1. The van der Waals surface area contributed by atoms with E-state index in [2.05, 4.69) is 4.98 Å². The summed E-state index contributed by atoms with van der Waals surface area (Å²) in [5, 5.41) is 8.77. The zero-order chi connectivity index (χ0) is 13.8. The Bertz CT molecular complexity index is 469. The van der Waals surface area contributed by atoms with Gasteiger partial charge in [-0.2, -0.15) is 0 Å². The van der Waals surface area contributed by atoms with Crippen molar-refractivity contribution < 1.29 is 19.1 Å². The normalized spacial score (nSPS) is 19.4. The molecule has 0 unspecified atom stereocenters. The topological polar surface area (TPSA) is 83.6 Å². The third kappa shape index (κ3) is 3.13. The van der Waals surface area contributed by atoms with E-state index in [1.165, 1.54) is 6.39 Å². The molecule has 0 spiro atoms. The molecule has 0 aromatic carbocycles. The average molecular weight is 266 g/mol. The van der Waals surface area contributed by atoms with E-state index in [0.29, 0.717) is 24.4 Å². The number of carboxylic acid groups (broad SMARTS) is 1. The van der Waals surface area contributed by atoms with Crippen molar-refractivity contribution in [1.82, 2.24) is 9.88 Å². The Morgan fingerprint density at radius 2 is 2.32 bits per heavy atom. The van der Waals surface area contributed by atoms with Crippen LogP contribution in [0.3, 0.4) is 0 Å². The number of amides is 1. The molecule has 1 aromatic heterocycles. The maximum absolute atomic E-state index is 12.4. The fraction of sp³-hybridized carbons (Fsp3) is 0.615. The summed E-state index contributed by atoms with van der Waals surface area (Å²) in [7, 11) is 0. The zero-order valence-electron chi connectivity index (χ0n) is 11.0. The van der Waals surface area contributed by atoms with Gasteiger partial charge in [0.05, 0.1) is 0 Å². The van der Waals surface area contributed by atoms with Crippen LogP contribution >= 0.6 is 0 Å². The molecule has 0 bridgehead atoms. The van der Waals surface area contributed by atoms with E-state index in [0.717, 1.165) is 19.3 Å². The SMILES string of the molecule is Cc1ocnc1C(=O)N1CCCC[C@@H]1CCC(=O)O. The number of hydrogen-bond donors (Lipinski definition) is 1. The van der Waals surface area contributed by atoms with Gasteiger partial charge in [-0.25, -0.2) is 4.98 Å². The summed E-state index contributed by atoms with van der Waals surface area (Å²) in [5.74, 6) is -0.468. The highest BCUT2D eigenvalue weighted by atomic mass is 16.4. The summed E-state index contributed by atoms with van der Waals surface area (Å²) in [6.07, 6.45) is 4.69. The molecule has 1 fully saturated rings. The first kappa shape index (κ1) is 13.6. The summed E-state index contributed by atoms with van der Waals surface area (Å²) < 4.78 is 5.06. The van der Waals surface area contributed by atoms with Crippen LogP contribution in [-0.2, 0) is 4.79 Å². The van der Waals surface area contributed by atoms with E-state index in [4.69, 9.17) is 9.52 Å². The molecule has 1 atom stereocenters. The lowest BCUT2D eigenvalue weighted by atomic mass is 9.97. The summed E-state index contributed by atoms with van der Waals surface area (Å²) in [6.45, 7) is 2.37. The van der Waals surface area contributed by atoms with Crippen LogP contribution in [0.4, 0.5) is 0 Å². The predicted octanol–water partition coefficient (Wildman–Crippen LogP) is 1.84. The highest BCUT2D eigenvalue weighted by molar-refractivity contribution is 5.93. The third-order valence-electron chi connectivity index (χ3n) is 3.53. The number of nitrogens with zero attached hydrogens (tertiary/aromatic N) is 2. The minimum absolute atomic E-state index is 0.00606. The molecule has 19 heavy (non-hydrogen) atoms. The number of rotatable bonds is 4. The van der Waals surface area contributed by atoms with E-state index in [-0.39, 0.29) is 18.4 Å². The van der Waals surface area contributed by atoms with Gasteiger partial charge < -0.3 is 14.4 Å². The van der Waals surface area contributed by atoms with Gasteiger partial charge in [-0.1, -0.05) is 0 Å². The number of aliphatic carboxylic acids is 1. The predicted molar refractivity (Wildman–Crippen MR) is 66.8 cm³/mol. The average Bonchev–Trinajstić information content (AvgIpc) is 2.82. The molecule has 1 saturated heterocycles. The molecule has 6 heteroatoms. The van der Waals surface area contributed by atoms with Crippen molar-refractivity contribution in [2.24, 2.45) is 0 Å². The van der Waals surface area contributed by atoms with E-state index >= 15 is 0 Å². The Morgan fingerprint density at radius 3 is 2.95 bits per heavy atom. The van der Waals surface area contributed by atoms with Crippen molar-refractivity contribution in [3.05, 3.63) is 17.8 Å². The Morgan fingerprint density at radius 1 is 1.53 bits per heavy atom. The maximum atomic E-state index is 12.4. The van der Waals surface area contributed by atoms with Gasteiger partial charge in [0.15, 0.2) is 12.1 Å². The van der Waals surface area contributed by atoms with Crippen molar-refractivity contribution in [2.45, 2.75) is 45.1 Å². The summed E-state index contributed by atoms with van der Waals surface area (Å²) in [4.78, 5) is 28.8. The molecule has 1 aromatic rings. The molecule has 104 valence electrons. The summed E-state index contributed by atoms with van der Waals surface area (Å²) in [6, 6.07) is -0.00606.